The predicted octanol–water partition coefficient (Wildman–Crippen LogP) is 1.81. The van der Waals surface area contributed by atoms with E-state index in [1.807, 2.05) is 44.0 Å². The van der Waals surface area contributed by atoms with Crippen molar-refractivity contribution >= 4 is 11.6 Å². The van der Waals surface area contributed by atoms with Crippen LogP contribution in [-0.2, 0) is 11.2 Å². The van der Waals surface area contributed by atoms with Gasteiger partial charge in [0.25, 0.3) is 0 Å². The number of para-hydroxylation sites is 1. The average Bonchev–Trinajstić information content (AvgIpc) is 2.39. The molecular formula is C15H24N2O2. The minimum Gasteiger partial charge on any atom is -0.395 e. The molecule has 0 saturated carbocycles. The van der Waals surface area contributed by atoms with Crippen LogP contribution in [0.1, 0.15) is 25.0 Å². The van der Waals surface area contributed by atoms with Crippen LogP contribution >= 0.6 is 0 Å². The van der Waals surface area contributed by atoms with Crippen LogP contribution in [0, 0.1) is 6.92 Å². The highest BCUT2D eigenvalue weighted by Crippen LogP contribution is 2.20. The van der Waals surface area contributed by atoms with Gasteiger partial charge >= 0.3 is 0 Å². The van der Waals surface area contributed by atoms with Gasteiger partial charge in [-0.05, 0) is 38.4 Å². The van der Waals surface area contributed by atoms with Crippen LogP contribution in [0.5, 0.6) is 0 Å². The van der Waals surface area contributed by atoms with Gasteiger partial charge in [0.2, 0.25) is 5.91 Å². The summed E-state index contributed by atoms with van der Waals surface area (Å²) in [7, 11) is 1.83. The molecule has 1 amide bonds. The van der Waals surface area contributed by atoms with Crippen LogP contribution in [0.25, 0.3) is 0 Å². The van der Waals surface area contributed by atoms with Crippen molar-refractivity contribution < 1.29 is 9.90 Å². The molecule has 19 heavy (non-hydrogen) atoms. The quantitative estimate of drug-likeness (QED) is 0.824. The molecule has 0 aliphatic rings. The van der Waals surface area contributed by atoms with Gasteiger partial charge in [0.1, 0.15) is 0 Å². The van der Waals surface area contributed by atoms with Gasteiger partial charge in [-0.25, -0.2) is 0 Å². The Morgan fingerprint density at radius 1 is 1.47 bits per heavy atom. The smallest absolute Gasteiger partial charge is 0.238 e. The molecule has 4 nitrogen and oxygen atoms in total. The first-order chi connectivity index (χ1) is 8.99. The number of aliphatic hydroxyl groups excluding tert-OH is 1. The van der Waals surface area contributed by atoms with Crippen molar-refractivity contribution in [1.29, 1.82) is 0 Å². The van der Waals surface area contributed by atoms with E-state index in [-0.39, 0.29) is 25.1 Å². The third kappa shape index (κ3) is 4.33. The summed E-state index contributed by atoms with van der Waals surface area (Å²) in [5.74, 6) is -0.0493. The number of carbonyl (C=O) groups excluding carboxylic acids is 1. The molecule has 1 aromatic carbocycles. The van der Waals surface area contributed by atoms with E-state index in [1.165, 1.54) is 0 Å². The lowest BCUT2D eigenvalue weighted by Crippen LogP contribution is -2.38. The second-order valence-electron chi connectivity index (χ2n) is 4.96. The number of anilines is 1. The maximum Gasteiger partial charge on any atom is 0.238 e. The molecule has 2 N–H and O–H groups in total. The summed E-state index contributed by atoms with van der Waals surface area (Å²) in [5.41, 5.74) is 3.14. The number of amides is 1. The number of nitrogens with one attached hydrogen (secondary N) is 1. The van der Waals surface area contributed by atoms with E-state index in [0.29, 0.717) is 0 Å². The second-order valence-corrected chi connectivity index (χ2v) is 4.96. The van der Waals surface area contributed by atoms with Crippen LogP contribution in [-0.4, -0.2) is 42.2 Å². The highest BCUT2D eigenvalue weighted by atomic mass is 16.3. The summed E-state index contributed by atoms with van der Waals surface area (Å²) in [5, 5.41) is 12.0. The molecule has 1 unspecified atom stereocenters. The van der Waals surface area contributed by atoms with Crippen LogP contribution < -0.4 is 5.32 Å². The van der Waals surface area contributed by atoms with Crippen molar-refractivity contribution in [2.75, 3.05) is 25.5 Å². The Morgan fingerprint density at radius 2 is 2.16 bits per heavy atom. The maximum atomic E-state index is 12.0. The second kappa shape index (κ2) is 7.26. The Kier molecular flexibility index (Phi) is 5.99. The number of aliphatic hydroxyl groups is 1. The van der Waals surface area contributed by atoms with Crippen molar-refractivity contribution in [2.45, 2.75) is 33.2 Å². The number of likely N-dealkylation sites (N-methyl/N-ethyl adjacent to an activating group) is 1. The van der Waals surface area contributed by atoms with Crippen LogP contribution in [0.2, 0.25) is 0 Å². The zero-order valence-electron chi connectivity index (χ0n) is 12.2. The Labute approximate surface area is 115 Å². The first kappa shape index (κ1) is 15.7. The predicted molar refractivity (Wildman–Crippen MR) is 78.4 cm³/mol. The topological polar surface area (TPSA) is 52.6 Å². The van der Waals surface area contributed by atoms with Crippen molar-refractivity contribution in [1.82, 2.24) is 4.90 Å². The zero-order valence-corrected chi connectivity index (χ0v) is 12.2. The number of benzene rings is 1. The summed E-state index contributed by atoms with van der Waals surface area (Å²) in [6.45, 7) is 6.28. The van der Waals surface area contributed by atoms with Gasteiger partial charge in [0, 0.05) is 11.7 Å². The van der Waals surface area contributed by atoms with Crippen LogP contribution in [0.15, 0.2) is 18.2 Å². The van der Waals surface area contributed by atoms with Gasteiger partial charge < -0.3 is 10.4 Å². The van der Waals surface area contributed by atoms with Gasteiger partial charge in [-0.2, -0.15) is 0 Å². The summed E-state index contributed by atoms with van der Waals surface area (Å²) < 4.78 is 0. The molecule has 106 valence electrons. The average molecular weight is 264 g/mol. The Morgan fingerprint density at radius 3 is 2.74 bits per heavy atom. The molecule has 1 atom stereocenters. The fraction of sp³-hybridized carbons (Fsp3) is 0.533. The normalized spacial score (nSPS) is 12.5. The third-order valence-electron chi connectivity index (χ3n) is 3.41. The lowest BCUT2D eigenvalue weighted by molar-refractivity contribution is -0.117. The molecule has 1 aromatic rings. The van der Waals surface area contributed by atoms with Crippen molar-refractivity contribution in [3.8, 4) is 0 Å². The Balaban J connectivity index is 2.72. The zero-order chi connectivity index (χ0) is 14.4. The van der Waals surface area contributed by atoms with E-state index < -0.39 is 0 Å². The molecular weight excluding hydrogens is 240 g/mol. The molecule has 0 saturated heterocycles. The molecule has 0 spiro atoms. The molecule has 4 heteroatoms. The highest BCUT2D eigenvalue weighted by molar-refractivity contribution is 5.93. The molecule has 0 heterocycles. The number of hydrogen-bond donors (Lipinski definition) is 2. The molecule has 0 radical (unpaired) electrons. The fourth-order valence-electron chi connectivity index (χ4n) is 1.90. The van der Waals surface area contributed by atoms with E-state index in [9.17, 15) is 4.79 Å². The van der Waals surface area contributed by atoms with E-state index in [0.717, 1.165) is 23.2 Å². The van der Waals surface area contributed by atoms with Gasteiger partial charge in [0.15, 0.2) is 0 Å². The molecule has 0 fully saturated rings. The monoisotopic (exact) mass is 264 g/mol. The third-order valence-corrected chi connectivity index (χ3v) is 3.41. The number of nitrogens with zero attached hydrogens (tertiary/aromatic N) is 1. The van der Waals surface area contributed by atoms with Crippen molar-refractivity contribution in [3.63, 3.8) is 0 Å². The number of aryl methyl sites for hydroxylation is 2. The molecule has 0 aliphatic heterocycles. The highest BCUT2D eigenvalue weighted by Gasteiger charge is 2.14. The summed E-state index contributed by atoms with van der Waals surface area (Å²) in [6.07, 6.45) is 0.889. The Bertz CT molecular complexity index is 432. The molecule has 1 rings (SSSR count). The minimum absolute atomic E-state index is 0.0201. The van der Waals surface area contributed by atoms with E-state index in [4.69, 9.17) is 5.11 Å². The maximum absolute atomic E-state index is 12.0. The number of hydrogen-bond acceptors (Lipinski definition) is 3. The first-order valence-corrected chi connectivity index (χ1v) is 6.69. The first-order valence-electron chi connectivity index (χ1n) is 6.69. The van der Waals surface area contributed by atoms with Gasteiger partial charge in [-0.1, -0.05) is 25.1 Å². The van der Waals surface area contributed by atoms with Gasteiger partial charge in [0.05, 0.1) is 13.2 Å². The lowest BCUT2D eigenvalue weighted by atomic mass is 10.1. The summed E-state index contributed by atoms with van der Waals surface area (Å²) in [6, 6.07) is 6.01. The fourth-order valence-corrected chi connectivity index (χ4v) is 1.90. The van der Waals surface area contributed by atoms with Crippen LogP contribution in [0.4, 0.5) is 5.69 Å². The summed E-state index contributed by atoms with van der Waals surface area (Å²) >= 11 is 0. The van der Waals surface area contributed by atoms with E-state index in [1.54, 1.807) is 0 Å². The Hall–Kier alpha value is -1.39. The molecule has 0 bridgehead atoms. The minimum atomic E-state index is -0.0493. The van der Waals surface area contributed by atoms with Crippen LogP contribution in [0.3, 0.4) is 0 Å². The lowest BCUT2D eigenvalue weighted by Gasteiger charge is -2.22. The standard InChI is InChI=1S/C15H24N2O2/c1-5-13-8-6-7-11(2)15(13)16-14(19)9-17(4)12(3)10-18/h6-8,12,18H,5,9-10H2,1-4H3,(H,16,19). The molecule has 0 aliphatic carbocycles. The SMILES string of the molecule is CCc1cccc(C)c1NC(=O)CN(C)C(C)CO. The van der Waals surface area contributed by atoms with E-state index in [2.05, 4.69) is 12.2 Å². The summed E-state index contributed by atoms with van der Waals surface area (Å²) in [4.78, 5) is 13.9. The number of rotatable bonds is 6. The van der Waals surface area contributed by atoms with E-state index >= 15 is 0 Å². The van der Waals surface area contributed by atoms with Crippen molar-refractivity contribution in [2.24, 2.45) is 0 Å². The molecule has 0 aromatic heterocycles. The van der Waals surface area contributed by atoms with Gasteiger partial charge in [-0.15, -0.1) is 0 Å². The van der Waals surface area contributed by atoms with Crippen molar-refractivity contribution in [3.05, 3.63) is 29.3 Å². The van der Waals surface area contributed by atoms with Gasteiger partial charge in [-0.3, -0.25) is 9.69 Å². The number of carbonyl (C=O) groups is 1. The largest absolute Gasteiger partial charge is 0.395 e.